The van der Waals surface area contributed by atoms with Gasteiger partial charge < -0.3 is 9.47 Å². The Balaban J connectivity index is 2.26. The number of allylic oxidation sites excluding steroid dienone is 1. The van der Waals surface area contributed by atoms with E-state index in [1.807, 2.05) is 13.0 Å². The highest BCUT2D eigenvalue weighted by atomic mass is 16.5. The minimum Gasteiger partial charge on any atom is -0.502 e. The zero-order chi connectivity index (χ0) is 8.81. The van der Waals surface area contributed by atoms with Crippen molar-refractivity contribution in [1.29, 1.82) is 0 Å². The summed E-state index contributed by atoms with van der Waals surface area (Å²) in [4.78, 5) is 10.8. The lowest BCUT2D eigenvalue weighted by Gasteiger charge is -2.17. The third-order valence-electron chi connectivity index (χ3n) is 1.79. The molecule has 0 aromatic rings. The Morgan fingerprint density at radius 2 is 2.58 bits per heavy atom. The summed E-state index contributed by atoms with van der Waals surface area (Å²) in [7, 11) is 0. The molecule has 1 aliphatic rings. The van der Waals surface area contributed by atoms with Gasteiger partial charge in [0, 0.05) is 0 Å². The largest absolute Gasteiger partial charge is 0.502 e. The fourth-order valence-electron chi connectivity index (χ4n) is 1.13. The summed E-state index contributed by atoms with van der Waals surface area (Å²) in [6, 6.07) is 0. The maximum Gasteiger partial charge on any atom is 0.306 e. The second-order valence-electron chi connectivity index (χ2n) is 2.76. The summed E-state index contributed by atoms with van der Waals surface area (Å²) in [6.07, 6.45) is 5.01. The van der Waals surface area contributed by atoms with Gasteiger partial charge in [0.15, 0.2) is 0 Å². The van der Waals surface area contributed by atoms with Crippen LogP contribution in [0.5, 0.6) is 0 Å². The molecule has 0 N–H and O–H groups in total. The molecule has 0 bridgehead atoms. The van der Waals surface area contributed by atoms with E-state index < -0.39 is 0 Å². The Labute approximate surface area is 72.4 Å². The van der Waals surface area contributed by atoms with Crippen LogP contribution in [-0.2, 0) is 14.3 Å². The molecule has 0 amide bonds. The number of hydrogen-bond donors (Lipinski definition) is 0. The van der Waals surface area contributed by atoms with E-state index in [-0.39, 0.29) is 5.97 Å². The van der Waals surface area contributed by atoms with Crippen molar-refractivity contribution in [2.75, 3.05) is 13.2 Å². The Hall–Kier alpha value is -0.990. The van der Waals surface area contributed by atoms with E-state index in [4.69, 9.17) is 9.47 Å². The van der Waals surface area contributed by atoms with Crippen molar-refractivity contribution in [3.8, 4) is 0 Å². The van der Waals surface area contributed by atoms with Crippen LogP contribution in [0, 0.1) is 5.92 Å². The van der Waals surface area contributed by atoms with Gasteiger partial charge in [-0.25, -0.2) is 0 Å². The molecular weight excluding hydrogens is 156 g/mol. The average molecular weight is 170 g/mol. The van der Waals surface area contributed by atoms with Crippen LogP contribution in [0.15, 0.2) is 12.3 Å². The van der Waals surface area contributed by atoms with Gasteiger partial charge in [-0.05, 0) is 25.3 Å². The fourth-order valence-corrected chi connectivity index (χ4v) is 1.13. The van der Waals surface area contributed by atoms with E-state index >= 15 is 0 Å². The van der Waals surface area contributed by atoms with E-state index in [1.165, 1.54) is 0 Å². The number of carbonyl (C=O) groups excluding carboxylic acids is 1. The number of esters is 1. The van der Waals surface area contributed by atoms with Crippen LogP contribution in [-0.4, -0.2) is 19.2 Å². The van der Waals surface area contributed by atoms with Gasteiger partial charge in [-0.3, -0.25) is 4.79 Å². The maximum atomic E-state index is 10.8. The minimum atomic E-state index is -0.104. The van der Waals surface area contributed by atoms with Crippen LogP contribution >= 0.6 is 0 Å². The quantitative estimate of drug-likeness (QED) is 0.475. The number of carbonyl (C=O) groups is 1. The lowest BCUT2D eigenvalue weighted by molar-refractivity contribution is -0.148. The van der Waals surface area contributed by atoms with Crippen molar-refractivity contribution in [2.45, 2.75) is 19.8 Å². The Bertz CT molecular complexity index is 175. The number of cyclic esters (lactones) is 1. The van der Waals surface area contributed by atoms with Gasteiger partial charge in [-0.15, -0.1) is 0 Å². The molecule has 0 saturated carbocycles. The van der Waals surface area contributed by atoms with Crippen LogP contribution in [0.2, 0.25) is 0 Å². The summed E-state index contributed by atoms with van der Waals surface area (Å²) in [5, 5.41) is 0. The second-order valence-corrected chi connectivity index (χ2v) is 2.76. The van der Waals surface area contributed by atoms with Crippen molar-refractivity contribution in [2.24, 2.45) is 5.92 Å². The smallest absolute Gasteiger partial charge is 0.306 e. The predicted molar refractivity (Wildman–Crippen MR) is 44.4 cm³/mol. The van der Waals surface area contributed by atoms with Crippen LogP contribution < -0.4 is 0 Å². The first kappa shape index (κ1) is 9.10. The van der Waals surface area contributed by atoms with Gasteiger partial charge in [0.25, 0.3) is 0 Å². The van der Waals surface area contributed by atoms with Crippen LogP contribution in [0.3, 0.4) is 0 Å². The summed E-state index contributed by atoms with van der Waals surface area (Å²) in [5.74, 6) is 0.199. The molecule has 1 fully saturated rings. The van der Waals surface area contributed by atoms with Gasteiger partial charge in [0.05, 0.1) is 25.9 Å². The predicted octanol–water partition coefficient (Wildman–Crippen LogP) is 1.49. The zero-order valence-electron chi connectivity index (χ0n) is 7.29. The van der Waals surface area contributed by atoms with E-state index in [0.717, 1.165) is 6.42 Å². The maximum absolute atomic E-state index is 10.8. The molecule has 0 aromatic carbocycles. The third-order valence-corrected chi connectivity index (χ3v) is 1.79. The van der Waals surface area contributed by atoms with E-state index in [1.54, 1.807) is 6.26 Å². The van der Waals surface area contributed by atoms with Crippen molar-refractivity contribution in [3.05, 3.63) is 12.3 Å². The van der Waals surface area contributed by atoms with Crippen LogP contribution in [0.4, 0.5) is 0 Å². The lowest BCUT2D eigenvalue weighted by atomic mass is 10.0. The highest BCUT2D eigenvalue weighted by Crippen LogP contribution is 2.16. The average Bonchev–Trinajstić information content (AvgIpc) is 2.05. The van der Waals surface area contributed by atoms with Gasteiger partial charge in [-0.2, -0.15) is 0 Å². The SMILES string of the molecule is CCO/C=C\C1CCOC(=O)C1. The van der Waals surface area contributed by atoms with Gasteiger partial charge in [-0.1, -0.05) is 0 Å². The minimum absolute atomic E-state index is 0.104. The third kappa shape index (κ3) is 2.95. The molecule has 1 aliphatic heterocycles. The fraction of sp³-hybridized carbons (Fsp3) is 0.667. The molecule has 0 aliphatic carbocycles. The first-order valence-electron chi connectivity index (χ1n) is 4.27. The standard InChI is InChI=1S/C9H14O3/c1-2-11-5-3-8-4-6-12-9(10)7-8/h3,5,8H,2,4,6-7H2,1H3/b5-3-. The molecule has 0 radical (unpaired) electrons. The van der Waals surface area contributed by atoms with Crippen molar-refractivity contribution < 1.29 is 14.3 Å². The molecule has 3 heteroatoms. The highest BCUT2D eigenvalue weighted by molar-refractivity contribution is 5.70. The van der Waals surface area contributed by atoms with Gasteiger partial charge in [0.2, 0.25) is 0 Å². The summed E-state index contributed by atoms with van der Waals surface area (Å²) >= 11 is 0. The molecule has 1 unspecified atom stereocenters. The Morgan fingerprint density at radius 1 is 1.75 bits per heavy atom. The molecule has 1 atom stereocenters. The first-order chi connectivity index (χ1) is 5.83. The van der Waals surface area contributed by atoms with Gasteiger partial charge >= 0.3 is 5.97 Å². The number of ether oxygens (including phenoxy) is 2. The topological polar surface area (TPSA) is 35.5 Å². The van der Waals surface area contributed by atoms with E-state index in [2.05, 4.69) is 0 Å². The van der Waals surface area contributed by atoms with Crippen LogP contribution in [0.25, 0.3) is 0 Å². The molecule has 1 saturated heterocycles. The summed E-state index contributed by atoms with van der Waals surface area (Å²) < 4.78 is 9.84. The second kappa shape index (κ2) is 4.80. The lowest BCUT2D eigenvalue weighted by Crippen LogP contribution is -2.19. The zero-order valence-corrected chi connectivity index (χ0v) is 7.29. The normalized spacial score (nSPS) is 24.1. The molecular formula is C9H14O3. The van der Waals surface area contributed by atoms with Crippen molar-refractivity contribution in [1.82, 2.24) is 0 Å². The monoisotopic (exact) mass is 170 g/mol. The number of rotatable bonds is 3. The summed E-state index contributed by atoms with van der Waals surface area (Å²) in [5.41, 5.74) is 0. The van der Waals surface area contributed by atoms with Crippen molar-refractivity contribution in [3.63, 3.8) is 0 Å². The molecule has 0 spiro atoms. The van der Waals surface area contributed by atoms with Crippen LogP contribution in [0.1, 0.15) is 19.8 Å². The molecule has 12 heavy (non-hydrogen) atoms. The van der Waals surface area contributed by atoms with E-state index in [0.29, 0.717) is 25.6 Å². The number of hydrogen-bond acceptors (Lipinski definition) is 3. The van der Waals surface area contributed by atoms with Crippen molar-refractivity contribution >= 4 is 5.97 Å². The molecule has 0 aromatic heterocycles. The highest BCUT2D eigenvalue weighted by Gasteiger charge is 2.17. The molecule has 3 nitrogen and oxygen atoms in total. The van der Waals surface area contributed by atoms with E-state index in [9.17, 15) is 4.79 Å². The Morgan fingerprint density at radius 3 is 3.25 bits per heavy atom. The molecule has 68 valence electrons. The first-order valence-corrected chi connectivity index (χ1v) is 4.27. The molecule has 1 rings (SSSR count). The Kier molecular flexibility index (Phi) is 3.64. The summed E-state index contributed by atoms with van der Waals surface area (Å²) in [6.45, 7) is 3.15. The molecule has 1 heterocycles. The van der Waals surface area contributed by atoms with Gasteiger partial charge in [0.1, 0.15) is 0 Å².